The molecule has 1 fully saturated rings. The fourth-order valence-electron chi connectivity index (χ4n) is 3.69. The third-order valence-corrected chi connectivity index (χ3v) is 5.65. The van der Waals surface area contributed by atoms with Crippen LogP contribution < -0.4 is 5.73 Å². The molecule has 4 rings (SSSR count). The average Bonchev–Trinajstić information content (AvgIpc) is 3.23. The molecular formula is C24H28ClN3O5. The SMILES string of the molecule is CCN.O=Cc1noc(-c2cc(Cl)c(O)cc2O)c1-c1ccc(CN2CCC(O)CC2)cc1. The second-order valence-corrected chi connectivity index (χ2v) is 8.23. The number of aldehydes is 1. The Morgan fingerprint density at radius 2 is 1.82 bits per heavy atom. The molecule has 1 aromatic heterocycles. The Kier molecular flexibility index (Phi) is 8.46. The molecule has 0 radical (unpaired) electrons. The number of hydrogen-bond donors (Lipinski definition) is 4. The predicted molar refractivity (Wildman–Crippen MR) is 126 cm³/mol. The fraction of sp³-hybridized carbons (Fsp3) is 0.333. The molecule has 5 N–H and O–H groups in total. The summed E-state index contributed by atoms with van der Waals surface area (Å²) in [6, 6.07) is 10.2. The van der Waals surface area contributed by atoms with E-state index < -0.39 is 0 Å². The van der Waals surface area contributed by atoms with Gasteiger partial charge < -0.3 is 25.6 Å². The van der Waals surface area contributed by atoms with Crippen molar-refractivity contribution in [1.29, 1.82) is 0 Å². The molecule has 0 atom stereocenters. The highest BCUT2D eigenvalue weighted by Crippen LogP contribution is 2.42. The first-order valence-corrected chi connectivity index (χ1v) is 11.1. The number of likely N-dealkylation sites (tertiary alicyclic amines) is 1. The number of aliphatic hydroxyl groups excluding tert-OH is 1. The molecule has 2 aromatic carbocycles. The van der Waals surface area contributed by atoms with Crippen LogP contribution in [0.1, 0.15) is 35.8 Å². The number of carbonyl (C=O) groups excluding carboxylic acids is 1. The summed E-state index contributed by atoms with van der Waals surface area (Å²) in [5.41, 5.74) is 7.43. The van der Waals surface area contributed by atoms with Gasteiger partial charge in [-0.15, -0.1) is 0 Å². The van der Waals surface area contributed by atoms with Gasteiger partial charge in [0.15, 0.2) is 17.7 Å². The predicted octanol–water partition coefficient (Wildman–Crippen LogP) is 3.81. The van der Waals surface area contributed by atoms with E-state index in [1.54, 1.807) is 0 Å². The molecule has 8 nitrogen and oxygen atoms in total. The quantitative estimate of drug-likeness (QED) is 0.411. The minimum atomic E-state index is -0.260. The number of nitrogens with zero attached hydrogens (tertiary/aromatic N) is 2. The first-order chi connectivity index (χ1) is 15.9. The lowest BCUT2D eigenvalue weighted by Crippen LogP contribution is -2.35. The number of carbonyl (C=O) groups is 1. The molecule has 0 saturated carbocycles. The lowest BCUT2D eigenvalue weighted by atomic mass is 9.98. The molecule has 0 aliphatic carbocycles. The largest absolute Gasteiger partial charge is 0.507 e. The molecule has 0 unspecified atom stereocenters. The highest BCUT2D eigenvalue weighted by Gasteiger charge is 2.23. The first kappa shape index (κ1) is 24.7. The van der Waals surface area contributed by atoms with E-state index >= 15 is 0 Å². The van der Waals surface area contributed by atoms with E-state index in [9.17, 15) is 20.1 Å². The van der Waals surface area contributed by atoms with Gasteiger partial charge in [0.25, 0.3) is 0 Å². The summed E-state index contributed by atoms with van der Waals surface area (Å²) in [7, 11) is 0. The van der Waals surface area contributed by atoms with E-state index in [0.29, 0.717) is 17.4 Å². The van der Waals surface area contributed by atoms with Gasteiger partial charge in [-0.1, -0.05) is 47.9 Å². The van der Waals surface area contributed by atoms with Gasteiger partial charge in [-0.3, -0.25) is 9.69 Å². The molecule has 0 amide bonds. The average molecular weight is 474 g/mol. The number of hydrogen-bond acceptors (Lipinski definition) is 8. The van der Waals surface area contributed by atoms with Crippen molar-refractivity contribution in [2.75, 3.05) is 19.6 Å². The van der Waals surface area contributed by atoms with Gasteiger partial charge in [0.2, 0.25) is 0 Å². The van der Waals surface area contributed by atoms with Crippen LogP contribution in [0, 0.1) is 0 Å². The van der Waals surface area contributed by atoms with Gasteiger partial charge in [0, 0.05) is 25.7 Å². The number of nitrogens with two attached hydrogens (primary N) is 1. The van der Waals surface area contributed by atoms with E-state index in [2.05, 4.69) is 10.1 Å². The summed E-state index contributed by atoms with van der Waals surface area (Å²) in [5, 5.41) is 33.4. The van der Waals surface area contributed by atoms with Crippen molar-refractivity contribution in [1.82, 2.24) is 10.1 Å². The number of halogens is 1. The third kappa shape index (κ3) is 5.91. The maximum Gasteiger partial charge on any atom is 0.179 e. The van der Waals surface area contributed by atoms with E-state index in [1.165, 1.54) is 6.07 Å². The molecule has 3 aromatic rings. The number of rotatable bonds is 5. The standard InChI is InChI=1S/C22H21ClN2O5.C2H7N/c23-17-9-16(19(28)10-20(17)29)22-21(18(12-26)24-30-22)14-3-1-13(2-4-14)11-25-7-5-15(27)6-8-25;1-2-3/h1-4,9-10,12,15,27-29H,5-8,11H2;2-3H2,1H3. The molecule has 0 bridgehead atoms. The second kappa shape index (κ2) is 11.3. The van der Waals surface area contributed by atoms with E-state index in [0.717, 1.165) is 50.7 Å². The van der Waals surface area contributed by atoms with E-state index in [4.69, 9.17) is 21.9 Å². The van der Waals surface area contributed by atoms with Crippen LogP contribution >= 0.6 is 11.6 Å². The number of aliphatic hydroxyl groups is 1. The normalized spacial score (nSPS) is 14.5. The Hall–Kier alpha value is -2.91. The number of aromatic hydroxyl groups is 2. The van der Waals surface area contributed by atoms with Crippen molar-refractivity contribution in [2.24, 2.45) is 5.73 Å². The highest BCUT2D eigenvalue weighted by atomic mass is 35.5. The van der Waals surface area contributed by atoms with Crippen LogP contribution in [0.2, 0.25) is 5.02 Å². The number of phenolic OH excluding ortho intramolecular Hbond substituents is 2. The summed E-state index contributed by atoms with van der Waals surface area (Å²) in [4.78, 5) is 13.8. The number of piperidine rings is 1. The van der Waals surface area contributed by atoms with Crippen molar-refractivity contribution >= 4 is 17.9 Å². The minimum Gasteiger partial charge on any atom is -0.507 e. The van der Waals surface area contributed by atoms with Crippen molar-refractivity contribution in [3.8, 4) is 33.9 Å². The Labute approximate surface area is 197 Å². The molecule has 1 aliphatic rings. The van der Waals surface area contributed by atoms with Crippen LogP contribution in [0.15, 0.2) is 40.9 Å². The van der Waals surface area contributed by atoms with Crippen LogP contribution in [0.3, 0.4) is 0 Å². The Bertz CT molecular complexity index is 1080. The van der Waals surface area contributed by atoms with Crippen LogP contribution in [0.25, 0.3) is 22.5 Å². The number of aromatic nitrogens is 1. The Balaban J connectivity index is 0.000000968. The molecule has 1 aliphatic heterocycles. The zero-order valence-electron chi connectivity index (χ0n) is 18.4. The van der Waals surface area contributed by atoms with Gasteiger partial charge in [-0.2, -0.15) is 0 Å². The van der Waals surface area contributed by atoms with E-state index in [1.807, 2.05) is 31.2 Å². The summed E-state index contributed by atoms with van der Waals surface area (Å²) in [5.74, 6) is -0.311. The summed E-state index contributed by atoms with van der Waals surface area (Å²) in [6.45, 7) is 5.14. The monoisotopic (exact) mass is 473 g/mol. The number of benzene rings is 2. The summed E-state index contributed by atoms with van der Waals surface area (Å²) >= 11 is 5.98. The van der Waals surface area contributed by atoms with Crippen molar-refractivity contribution in [3.05, 3.63) is 52.7 Å². The van der Waals surface area contributed by atoms with Gasteiger partial charge >= 0.3 is 0 Å². The van der Waals surface area contributed by atoms with Crippen molar-refractivity contribution in [3.63, 3.8) is 0 Å². The van der Waals surface area contributed by atoms with Gasteiger partial charge in [-0.25, -0.2) is 0 Å². The lowest BCUT2D eigenvalue weighted by molar-refractivity contribution is 0.0792. The second-order valence-electron chi connectivity index (χ2n) is 7.82. The molecule has 9 heteroatoms. The first-order valence-electron chi connectivity index (χ1n) is 10.7. The van der Waals surface area contributed by atoms with Crippen LogP contribution in [0.5, 0.6) is 11.5 Å². The summed E-state index contributed by atoms with van der Waals surface area (Å²) in [6.07, 6.45) is 1.95. The molecular weight excluding hydrogens is 446 g/mol. The van der Waals surface area contributed by atoms with Crippen molar-refractivity contribution < 1.29 is 24.6 Å². The Morgan fingerprint density at radius 1 is 1.18 bits per heavy atom. The van der Waals surface area contributed by atoms with Crippen LogP contribution in [-0.4, -0.2) is 57.4 Å². The zero-order valence-corrected chi connectivity index (χ0v) is 19.1. The zero-order chi connectivity index (χ0) is 24.0. The highest BCUT2D eigenvalue weighted by molar-refractivity contribution is 6.32. The maximum atomic E-state index is 11.5. The topological polar surface area (TPSA) is 133 Å². The molecule has 2 heterocycles. The van der Waals surface area contributed by atoms with Crippen molar-refractivity contribution in [2.45, 2.75) is 32.4 Å². The lowest BCUT2D eigenvalue weighted by Gasteiger charge is -2.29. The number of phenols is 2. The summed E-state index contributed by atoms with van der Waals surface area (Å²) < 4.78 is 5.35. The van der Waals surface area contributed by atoms with E-state index in [-0.39, 0.29) is 39.6 Å². The molecule has 176 valence electrons. The third-order valence-electron chi connectivity index (χ3n) is 5.35. The van der Waals surface area contributed by atoms with Crippen LogP contribution in [0.4, 0.5) is 0 Å². The molecule has 0 spiro atoms. The van der Waals surface area contributed by atoms with Gasteiger partial charge in [0.05, 0.1) is 22.3 Å². The molecule has 1 saturated heterocycles. The fourth-order valence-corrected chi connectivity index (χ4v) is 3.85. The molecule has 33 heavy (non-hydrogen) atoms. The smallest absolute Gasteiger partial charge is 0.179 e. The maximum absolute atomic E-state index is 11.5. The van der Waals surface area contributed by atoms with Gasteiger partial charge in [-0.05, 0) is 36.6 Å². The Morgan fingerprint density at radius 3 is 2.42 bits per heavy atom. The van der Waals surface area contributed by atoms with Crippen LogP contribution in [-0.2, 0) is 6.54 Å². The minimum absolute atomic E-state index is 0.0415. The van der Waals surface area contributed by atoms with Gasteiger partial charge in [0.1, 0.15) is 11.5 Å².